The Hall–Kier alpha value is -1.29. The molecule has 0 aliphatic carbocycles. The van der Waals surface area contributed by atoms with Crippen LogP contribution in [0.25, 0.3) is 0 Å². The second-order valence-corrected chi connectivity index (χ2v) is 5.25. The molecule has 0 fully saturated rings. The summed E-state index contributed by atoms with van der Waals surface area (Å²) in [4.78, 5) is -0.357. The summed E-state index contributed by atoms with van der Waals surface area (Å²) in [6.07, 6.45) is 0. The van der Waals surface area contributed by atoms with E-state index in [9.17, 15) is 13.5 Å². The largest absolute Gasteiger partial charge is 0.507 e. The van der Waals surface area contributed by atoms with Crippen molar-refractivity contribution in [3.8, 4) is 11.8 Å². The minimum Gasteiger partial charge on any atom is -0.507 e. The van der Waals surface area contributed by atoms with Gasteiger partial charge in [-0.1, -0.05) is 0 Å². The fraction of sp³-hybridized carbons (Fsp3) is 0.125. The highest BCUT2D eigenvalue weighted by atomic mass is 35.7. The van der Waals surface area contributed by atoms with E-state index in [0.717, 1.165) is 12.1 Å². The molecular formula is C8H6ClNO4S. The lowest BCUT2D eigenvalue weighted by atomic mass is 10.1. The molecule has 0 aliphatic heterocycles. The number of rotatable bonds is 2. The number of nitrogens with zero attached hydrogens (tertiary/aromatic N) is 1. The van der Waals surface area contributed by atoms with Crippen molar-refractivity contribution in [2.75, 3.05) is 0 Å². The number of phenolic OH excluding ortho intramolecular Hbond substituents is 1. The van der Waals surface area contributed by atoms with Gasteiger partial charge in [0.05, 0.1) is 17.1 Å². The smallest absolute Gasteiger partial charge is 0.261 e. The third-order valence-corrected chi connectivity index (χ3v) is 3.07. The Labute approximate surface area is 90.6 Å². The van der Waals surface area contributed by atoms with Gasteiger partial charge in [-0.05, 0) is 6.07 Å². The van der Waals surface area contributed by atoms with E-state index in [4.69, 9.17) is 21.1 Å². The van der Waals surface area contributed by atoms with E-state index >= 15 is 0 Å². The van der Waals surface area contributed by atoms with Crippen LogP contribution in [0.4, 0.5) is 0 Å². The van der Waals surface area contributed by atoms with Gasteiger partial charge in [-0.25, -0.2) is 8.42 Å². The van der Waals surface area contributed by atoms with Gasteiger partial charge in [0.15, 0.2) is 0 Å². The first-order valence-electron chi connectivity index (χ1n) is 3.71. The molecule has 0 amide bonds. The summed E-state index contributed by atoms with van der Waals surface area (Å²) >= 11 is 0. The molecule has 5 nitrogen and oxygen atoms in total. The molecule has 2 N–H and O–H groups in total. The molecule has 1 aromatic carbocycles. The van der Waals surface area contributed by atoms with E-state index in [2.05, 4.69) is 0 Å². The van der Waals surface area contributed by atoms with Gasteiger partial charge < -0.3 is 10.2 Å². The Balaban J connectivity index is 3.54. The number of aliphatic hydroxyl groups is 1. The van der Waals surface area contributed by atoms with Crippen molar-refractivity contribution in [3.05, 3.63) is 23.3 Å². The average Bonchev–Trinajstić information content (AvgIpc) is 2.15. The van der Waals surface area contributed by atoms with Gasteiger partial charge in [0.1, 0.15) is 11.8 Å². The zero-order valence-electron chi connectivity index (χ0n) is 7.31. The quantitative estimate of drug-likeness (QED) is 0.749. The van der Waals surface area contributed by atoms with Gasteiger partial charge in [-0.15, -0.1) is 0 Å². The average molecular weight is 248 g/mol. The van der Waals surface area contributed by atoms with Crippen molar-refractivity contribution in [2.45, 2.75) is 11.5 Å². The molecule has 0 unspecified atom stereocenters. The zero-order chi connectivity index (χ0) is 11.6. The molecule has 0 atom stereocenters. The van der Waals surface area contributed by atoms with Crippen molar-refractivity contribution in [3.63, 3.8) is 0 Å². The topological polar surface area (TPSA) is 98.4 Å². The standard InChI is InChI=1S/C8H6ClNO4S/c9-15(13,14)6-1-5(4-11)7(3-10)8(12)2-6/h1-2,11-12H,4H2. The Bertz CT molecular complexity index is 532. The molecule has 0 spiro atoms. The minimum absolute atomic E-state index is 0.0109. The first kappa shape index (κ1) is 11.8. The molecule has 0 aliphatic rings. The third kappa shape index (κ3) is 2.39. The minimum atomic E-state index is -3.99. The summed E-state index contributed by atoms with van der Waals surface area (Å²) in [6, 6.07) is 3.55. The van der Waals surface area contributed by atoms with Crippen LogP contribution in [-0.4, -0.2) is 18.6 Å². The summed E-state index contributed by atoms with van der Waals surface area (Å²) in [6.45, 7) is -0.559. The van der Waals surface area contributed by atoms with Crippen LogP contribution in [0.1, 0.15) is 11.1 Å². The van der Waals surface area contributed by atoms with Gasteiger partial charge >= 0.3 is 0 Å². The molecule has 1 rings (SSSR count). The Morgan fingerprint density at radius 3 is 2.47 bits per heavy atom. The molecule has 1 aromatic rings. The summed E-state index contributed by atoms with van der Waals surface area (Å²) in [5, 5.41) is 26.8. The molecule has 15 heavy (non-hydrogen) atoms. The van der Waals surface area contributed by atoms with Crippen LogP contribution in [0.2, 0.25) is 0 Å². The number of hydrogen-bond acceptors (Lipinski definition) is 5. The van der Waals surface area contributed by atoms with E-state index < -0.39 is 21.4 Å². The van der Waals surface area contributed by atoms with Gasteiger partial charge in [-0.3, -0.25) is 0 Å². The van der Waals surface area contributed by atoms with Crippen LogP contribution in [0.5, 0.6) is 5.75 Å². The molecule has 7 heteroatoms. The number of aromatic hydroxyl groups is 1. The molecule has 0 aromatic heterocycles. The molecule has 0 radical (unpaired) electrons. The van der Waals surface area contributed by atoms with Crippen molar-refractivity contribution in [2.24, 2.45) is 0 Å². The van der Waals surface area contributed by atoms with Crippen LogP contribution in [0.15, 0.2) is 17.0 Å². The van der Waals surface area contributed by atoms with Crippen molar-refractivity contribution in [1.82, 2.24) is 0 Å². The van der Waals surface area contributed by atoms with Crippen molar-refractivity contribution >= 4 is 19.7 Å². The van der Waals surface area contributed by atoms with Crippen molar-refractivity contribution in [1.29, 1.82) is 5.26 Å². The van der Waals surface area contributed by atoms with Crippen LogP contribution in [-0.2, 0) is 15.7 Å². The molecular weight excluding hydrogens is 242 g/mol. The van der Waals surface area contributed by atoms with E-state index in [1.807, 2.05) is 0 Å². The van der Waals surface area contributed by atoms with E-state index in [1.54, 1.807) is 6.07 Å². The first-order valence-corrected chi connectivity index (χ1v) is 6.02. The monoisotopic (exact) mass is 247 g/mol. The maximum absolute atomic E-state index is 10.9. The van der Waals surface area contributed by atoms with E-state index in [1.165, 1.54) is 0 Å². The summed E-state index contributed by atoms with van der Waals surface area (Å²) in [7, 11) is 1.06. The lowest BCUT2D eigenvalue weighted by molar-refractivity contribution is 0.280. The second-order valence-electron chi connectivity index (χ2n) is 2.68. The summed E-state index contributed by atoms with van der Waals surface area (Å²) < 4.78 is 21.9. The number of halogens is 1. The number of benzene rings is 1. The summed E-state index contributed by atoms with van der Waals surface area (Å²) in [5.74, 6) is -0.525. The van der Waals surface area contributed by atoms with Gasteiger partial charge in [0, 0.05) is 22.3 Å². The Morgan fingerprint density at radius 2 is 2.07 bits per heavy atom. The predicted octanol–water partition coefficient (Wildman–Crippen LogP) is 0.684. The lowest BCUT2D eigenvalue weighted by Crippen LogP contribution is -1.97. The van der Waals surface area contributed by atoms with Crippen LogP contribution >= 0.6 is 10.7 Å². The predicted molar refractivity (Wildman–Crippen MR) is 51.8 cm³/mol. The highest BCUT2D eigenvalue weighted by Crippen LogP contribution is 2.27. The van der Waals surface area contributed by atoms with E-state index in [0.29, 0.717) is 0 Å². The van der Waals surface area contributed by atoms with Gasteiger partial charge in [0.25, 0.3) is 9.05 Å². The number of phenols is 1. The van der Waals surface area contributed by atoms with Crippen LogP contribution in [0, 0.1) is 11.3 Å². The van der Waals surface area contributed by atoms with Gasteiger partial charge in [-0.2, -0.15) is 5.26 Å². The number of aliphatic hydroxyl groups excluding tert-OH is 1. The second kappa shape index (κ2) is 4.06. The molecule has 0 heterocycles. The first-order chi connectivity index (χ1) is 6.90. The molecule has 0 bridgehead atoms. The lowest BCUT2D eigenvalue weighted by Gasteiger charge is -2.05. The summed E-state index contributed by atoms with van der Waals surface area (Å²) in [5.41, 5.74) is -0.154. The van der Waals surface area contributed by atoms with E-state index in [-0.39, 0.29) is 16.0 Å². The van der Waals surface area contributed by atoms with Crippen molar-refractivity contribution < 1.29 is 18.6 Å². The van der Waals surface area contributed by atoms with Gasteiger partial charge in [0.2, 0.25) is 0 Å². The highest BCUT2D eigenvalue weighted by molar-refractivity contribution is 8.13. The Kier molecular flexibility index (Phi) is 3.19. The third-order valence-electron chi connectivity index (χ3n) is 1.74. The van der Waals surface area contributed by atoms with Crippen LogP contribution < -0.4 is 0 Å². The number of hydrogen-bond donors (Lipinski definition) is 2. The fourth-order valence-corrected chi connectivity index (χ4v) is 1.85. The Morgan fingerprint density at radius 1 is 1.47 bits per heavy atom. The molecule has 0 saturated heterocycles. The highest BCUT2D eigenvalue weighted by Gasteiger charge is 2.16. The molecule has 0 saturated carbocycles. The fourth-order valence-electron chi connectivity index (χ4n) is 1.05. The zero-order valence-corrected chi connectivity index (χ0v) is 8.88. The maximum atomic E-state index is 10.9. The SMILES string of the molecule is N#Cc1c(O)cc(S(=O)(=O)Cl)cc1CO. The van der Waals surface area contributed by atoms with Crippen LogP contribution in [0.3, 0.4) is 0 Å². The normalized spacial score (nSPS) is 11.0. The molecule has 80 valence electrons. The maximum Gasteiger partial charge on any atom is 0.261 e. The number of nitriles is 1.